The van der Waals surface area contributed by atoms with Crippen LogP contribution in [-0.2, 0) is 11.3 Å². The number of hydrogen-bond donors (Lipinski definition) is 2. The summed E-state index contributed by atoms with van der Waals surface area (Å²) in [5.74, 6) is -0.437. The smallest absolute Gasteiger partial charge is 0.410 e. The molecular weight excluding hydrogens is 380 g/mol. The van der Waals surface area contributed by atoms with Gasteiger partial charge in [0.05, 0.1) is 5.69 Å². The molecule has 2 amide bonds. The van der Waals surface area contributed by atoms with Gasteiger partial charge in [-0.15, -0.1) is 0 Å². The average molecular weight is 411 g/mol. The van der Waals surface area contributed by atoms with Crippen LogP contribution in [0.15, 0.2) is 42.6 Å². The van der Waals surface area contributed by atoms with Gasteiger partial charge in [-0.1, -0.05) is 18.2 Å². The third kappa shape index (κ3) is 6.03. The molecule has 7 nitrogen and oxygen atoms in total. The Morgan fingerprint density at radius 3 is 2.33 bits per heavy atom. The van der Waals surface area contributed by atoms with Crippen LogP contribution in [0.3, 0.4) is 0 Å². The Morgan fingerprint density at radius 1 is 1.13 bits per heavy atom. The van der Waals surface area contributed by atoms with Crippen LogP contribution in [-0.4, -0.2) is 46.6 Å². The molecule has 160 valence electrons. The van der Waals surface area contributed by atoms with Crippen molar-refractivity contribution in [2.75, 3.05) is 13.1 Å². The summed E-state index contributed by atoms with van der Waals surface area (Å²) < 4.78 is 5.44. The number of carbonyl (C=O) groups excluding carboxylic acids is 2. The number of benzene rings is 1. The Bertz CT molecular complexity index is 865. The van der Waals surface area contributed by atoms with E-state index < -0.39 is 11.5 Å². The number of nitrogens with two attached hydrogens (primary N) is 1. The lowest BCUT2D eigenvalue weighted by Crippen LogP contribution is -2.46. The molecule has 1 aromatic heterocycles. The highest BCUT2D eigenvalue weighted by Crippen LogP contribution is 2.19. The largest absolute Gasteiger partial charge is 0.444 e. The molecule has 0 unspecified atom stereocenters. The van der Waals surface area contributed by atoms with E-state index in [1.54, 1.807) is 17.0 Å². The summed E-state index contributed by atoms with van der Waals surface area (Å²) in [4.78, 5) is 29.6. The van der Waals surface area contributed by atoms with Crippen molar-refractivity contribution in [2.24, 2.45) is 5.73 Å². The quantitative estimate of drug-likeness (QED) is 0.788. The van der Waals surface area contributed by atoms with Gasteiger partial charge in [0.1, 0.15) is 5.60 Å². The van der Waals surface area contributed by atoms with Crippen LogP contribution in [0.4, 0.5) is 4.79 Å². The molecule has 7 heteroatoms. The van der Waals surface area contributed by atoms with E-state index in [1.165, 1.54) is 0 Å². The number of amides is 2. The third-order valence-electron chi connectivity index (χ3n) is 5.03. The number of ether oxygens (including phenoxy) is 1. The summed E-state index contributed by atoms with van der Waals surface area (Å²) in [6.07, 6.45) is 3.43. The summed E-state index contributed by atoms with van der Waals surface area (Å²) in [5.41, 5.74) is 8.18. The van der Waals surface area contributed by atoms with Gasteiger partial charge in [0.25, 0.3) is 0 Å². The number of carbonyl (C=O) groups is 2. The van der Waals surface area contributed by atoms with E-state index in [2.05, 4.69) is 10.3 Å². The van der Waals surface area contributed by atoms with Gasteiger partial charge in [-0.2, -0.15) is 0 Å². The monoisotopic (exact) mass is 410 g/mol. The van der Waals surface area contributed by atoms with Crippen molar-refractivity contribution in [2.45, 2.75) is 51.8 Å². The van der Waals surface area contributed by atoms with Crippen molar-refractivity contribution in [3.05, 3.63) is 53.7 Å². The summed E-state index contributed by atoms with van der Waals surface area (Å²) in [5, 5.41) is 3.55. The first kappa shape index (κ1) is 21.8. The molecule has 1 fully saturated rings. The molecule has 30 heavy (non-hydrogen) atoms. The van der Waals surface area contributed by atoms with Crippen LogP contribution in [0.1, 0.15) is 49.5 Å². The van der Waals surface area contributed by atoms with Crippen molar-refractivity contribution in [1.29, 1.82) is 0 Å². The first-order valence-electron chi connectivity index (χ1n) is 10.3. The first-order chi connectivity index (χ1) is 14.2. The number of piperidine rings is 1. The topological polar surface area (TPSA) is 97.5 Å². The Labute approximate surface area is 177 Å². The van der Waals surface area contributed by atoms with E-state index in [1.807, 2.05) is 51.2 Å². The number of likely N-dealkylation sites (tertiary alicyclic amines) is 1. The molecule has 0 aliphatic carbocycles. The van der Waals surface area contributed by atoms with Gasteiger partial charge in [0, 0.05) is 43.0 Å². The Morgan fingerprint density at radius 2 is 1.80 bits per heavy atom. The van der Waals surface area contributed by atoms with E-state index in [0.29, 0.717) is 24.7 Å². The Kier molecular flexibility index (Phi) is 6.72. The summed E-state index contributed by atoms with van der Waals surface area (Å²) in [6.45, 7) is 7.78. The van der Waals surface area contributed by atoms with Crippen molar-refractivity contribution < 1.29 is 14.3 Å². The Hall–Kier alpha value is -2.93. The van der Waals surface area contributed by atoms with Crippen molar-refractivity contribution >= 4 is 12.0 Å². The fraction of sp³-hybridized carbons (Fsp3) is 0.435. The summed E-state index contributed by atoms with van der Waals surface area (Å²) in [6, 6.07) is 11.5. The third-order valence-corrected chi connectivity index (χ3v) is 5.03. The molecule has 0 saturated carbocycles. The predicted octanol–water partition coefficient (Wildman–Crippen LogP) is 3.34. The van der Waals surface area contributed by atoms with E-state index in [4.69, 9.17) is 10.5 Å². The molecule has 2 aromatic rings. The number of primary amides is 1. The zero-order valence-corrected chi connectivity index (χ0v) is 17.9. The number of hydrogen-bond acceptors (Lipinski definition) is 5. The van der Waals surface area contributed by atoms with Gasteiger partial charge in [-0.3, -0.25) is 9.78 Å². The van der Waals surface area contributed by atoms with E-state index in [-0.39, 0.29) is 6.09 Å². The summed E-state index contributed by atoms with van der Waals surface area (Å²) >= 11 is 0. The van der Waals surface area contributed by atoms with Crippen LogP contribution >= 0.6 is 0 Å². The second-order valence-corrected chi connectivity index (χ2v) is 8.62. The van der Waals surface area contributed by atoms with Gasteiger partial charge in [-0.25, -0.2) is 4.79 Å². The van der Waals surface area contributed by atoms with Crippen LogP contribution in [0.2, 0.25) is 0 Å². The average Bonchev–Trinajstić information content (AvgIpc) is 2.72. The molecule has 3 rings (SSSR count). The maximum absolute atomic E-state index is 12.2. The molecule has 1 aliphatic heterocycles. The zero-order chi connectivity index (χ0) is 21.7. The second-order valence-electron chi connectivity index (χ2n) is 8.62. The molecule has 1 aromatic carbocycles. The van der Waals surface area contributed by atoms with Crippen molar-refractivity contribution in [3.63, 3.8) is 0 Å². The lowest BCUT2D eigenvalue weighted by molar-refractivity contribution is 0.0198. The fourth-order valence-electron chi connectivity index (χ4n) is 3.36. The lowest BCUT2D eigenvalue weighted by Gasteiger charge is -2.33. The maximum Gasteiger partial charge on any atom is 0.410 e. The molecular formula is C23H30N4O3. The van der Waals surface area contributed by atoms with Gasteiger partial charge >= 0.3 is 6.09 Å². The predicted molar refractivity (Wildman–Crippen MR) is 116 cm³/mol. The number of pyridine rings is 1. The standard InChI is InChI=1S/C23H30N4O3/c1-23(2,3)30-22(29)27-12-10-19(11-13-27)25-14-16-4-9-20(26-15-16)17-5-7-18(8-6-17)21(24)28/h4-9,15,19,25H,10-14H2,1-3H3,(H2,24,28). The molecule has 2 heterocycles. The van der Waals surface area contributed by atoms with Gasteiger partial charge in [-0.05, 0) is 57.4 Å². The molecule has 0 atom stereocenters. The first-order valence-corrected chi connectivity index (χ1v) is 10.3. The van der Waals surface area contributed by atoms with Crippen molar-refractivity contribution in [1.82, 2.24) is 15.2 Å². The zero-order valence-electron chi connectivity index (χ0n) is 17.9. The molecule has 0 spiro atoms. The highest BCUT2D eigenvalue weighted by Gasteiger charge is 2.26. The molecule has 3 N–H and O–H groups in total. The number of aromatic nitrogens is 1. The van der Waals surface area contributed by atoms with E-state index in [9.17, 15) is 9.59 Å². The highest BCUT2D eigenvalue weighted by atomic mass is 16.6. The molecule has 0 radical (unpaired) electrons. The van der Waals surface area contributed by atoms with E-state index in [0.717, 1.165) is 36.2 Å². The van der Waals surface area contributed by atoms with Gasteiger partial charge in [0.2, 0.25) is 5.91 Å². The maximum atomic E-state index is 12.2. The normalized spacial score (nSPS) is 15.1. The fourth-order valence-corrected chi connectivity index (χ4v) is 3.36. The van der Waals surface area contributed by atoms with Crippen LogP contribution in [0.25, 0.3) is 11.3 Å². The lowest BCUT2D eigenvalue weighted by atomic mass is 10.0. The SMILES string of the molecule is CC(C)(C)OC(=O)N1CCC(NCc2ccc(-c3ccc(C(N)=O)cc3)nc2)CC1. The van der Waals surface area contributed by atoms with Gasteiger partial charge < -0.3 is 20.7 Å². The van der Waals surface area contributed by atoms with Crippen LogP contribution in [0, 0.1) is 0 Å². The molecule has 1 aliphatic rings. The summed E-state index contributed by atoms with van der Waals surface area (Å²) in [7, 11) is 0. The number of nitrogens with zero attached hydrogens (tertiary/aromatic N) is 2. The molecule has 1 saturated heterocycles. The number of nitrogens with one attached hydrogen (secondary N) is 1. The van der Waals surface area contributed by atoms with Crippen LogP contribution in [0.5, 0.6) is 0 Å². The van der Waals surface area contributed by atoms with E-state index >= 15 is 0 Å². The Balaban J connectivity index is 1.47. The van der Waals surface area contributed by atoms with Crippen LogP contribution < -0.4 is 11.1 Å². The minimum atomic E-state index is -0.463. The van der Waals surface area contributed by atoms with Gasteiger partial charge in [0.15, 0.2) is 0 Å². The minimum absolute atomic E-state index is 0.232. The highest BCUT2D eigenvalue weighted by molar-refractivity contribution is 5.93. The van der Waals surface area contributed by atoms with Crippen molar-refractivity contribution in [3.8, 4) is 11.3 Å². The second kappa shape index (κ2) is 9.26. The number of rotatable bonds is 5. The minimum Gasteiger partial charge on any atom is -0.444 e. The molecule has 0 bridgehead atoms.